The smallest absolute Gasteiger partial charge is 0.329 e. The standard InChI is InChI=1S/C14H17NO3/c1-11(16)15-9-5-8-13(15)14(17)18-10-12-6-3-2-4-7-12/h2-4,6-7,13H,5,8-10H2,1H3/t13-/m0/s1. The molecular weight excluding hydrogens is 230 g/mol. The maximum absolute atomic E-state index is 11.9. The number of carbonyl (C=O) groups is 2. The minimum absolute atomic E-state index is 0.0610. The molecule has 1 aliphatic heterocycles. The molecule has 0 saturated carbocycles. The van der Waals surface area contributed by atoms with Crippen molar-refractivity contribution < 1.29 is 14.3 Å². The molecule has 96 valence electrons. The van der Waals surface area contributed by atoms with Crippen molar-refractivity contribution in [2.24, 2.45) is 0 Å². The fourth-order valence-electron chi connectivity index (χ4n) is 2.21. The summed E-state index contributed by atoms with van der Waals surface area (Å²) in [5.41, 5.74) is 0.957. The molecule has 4 heteroatoms. The van der Waals surface area contributed by atoms with Crippen LogP contribution in [-0.4, -0.2) is 29.4 Å². The fourth-order valence-corrected chi connectivity index (χ4v) is 2.21. The van der Waals surface area contributed by atoms with Crippen LogP contribution in [0.1, 0.15) is 25.3 Å². The molecule has 2 rings (SSSR count). The number of nitrogens with zero attached hydrogens (tertiary/aromatic N) is 1. The van der Waals surface area contributed by atoms with Crippen LogP contribution in [0.25, 0.3) is 0 Å². The van der Waals surface area contributed by atoms with Gasteiger partial charge in [-0.25, -0.2) is 4.79 Å². The minimum atomic E-state index is -0.397. The SMILES string of the molecule is CC(=O)N1CCC[C@H]1C(=O)OCc1ccccc1. The predicted octanol–water partition coefficient (Wildman–Crippen LogP) is 1.74. The summed E-state index contributed by atoms with van der Waals surface area (Å²) in [6.07, 6.45) is 1.57. The summed E-state index contributed by atoms with van der Waals surface area (Å²) in [7, 11) is 0. The average Bonchev–Trinajstić information content (AvgIpc) is 2.86. The Morgan fingerprint density at radius 1 is 1.33 bits per heavy atom. The number of rotatable bonds is 3. The van der Waals surface area contributed by atoms with Crippen LogP contribution in [-0.2, 0) is 20.9 Å². The zero-order valence-electron chi connectivity index (χ0n) is 10.5. The zero-order chi connectivity index (χ0) is 13.0. The van der Waals surface area contributed by atoms with E-state index in [1.165, 1.54) is 6.92 Å². The van der Waals surface area contributed by atoms with E-state index in [0.717, 1.165) is 12.0 Å². The quantitative estimate of drug-likeness (QED) is 0.764. The molecule has 1 saturated heterocycles. The normalized spacial score (nSPS) is 18.7. The third-order valence-electron chi connectivity index (χ3n) is 3.15. The number of amides is 1. The number of benzene rings is 1. The highest BCUT2D eigenvalue weighted by Crippen LogP contribution is 2.19. The van der Waals surface area contributed by atoms with Gasteiger partial charge in [0.05, 0.1) is 0 Å². The Bertz CT molecular complexity index is 430. The van der Waals surface area contributed by atoms with Crippen LogP contribution in [0, 0.1) is 0 Å². The molecule has 0 bridgehead atoms. The van der Waals surface area contributed by atoms with E-state index in [1.54, 1.807) is 4.90 Å². The highest BCUT2D eigenvalue weighted by Gasteiger charge is 2.33. The Balaban J connectivity index is 1.90. The number of hydrogen-bond donors (Lipinski definition) is 0. The Hall–Kier alpha value is -1.84. The second-order valence-corrected chi connectivity index (χ2v) is 4.46. The molecule has 1 aromatic carbocycles. The van der Waals surface area contributed by atoms with Crippen molar-refractivity contribution in [3.8, 4) is 0 Å². The monoisotopic (exact) mass is 247 g/mol. The fraction of sp³-hybridized carbons (Fsp3) is 0.429. The molecule has 18 heavy (non-hydrogen) atoms. The molecule has 0 unspecified atom stereocenters. The second-order valence-electron chi connectivity index (χ2n) is 4.46. The van der Waals surface area contributed by atoms with Gasteiger partial charge in [0, 0.05) is 13.5 Å². The van der Waals surface area contributed by atoms with Gasteiger partial charge in [0.1, 0.15) is 12.6 Å². The van der Waals surface area contributed by atoms with Crippen LogP contribution in [0.4, 0.5) is 0 Å². The number of esters is 1. The molecule has 1 aromatic rings. The third kappa shape index (κ3) is 2.88. The Morgan fingerprint density at radius 3 is 2.72 bits per heavy atom. The number of carbonyl (C=O) groups excluding carboxylic acids is 2. The lowest BCUT2D eigenvalue weighted by Gasteiger charge is -2.21. The van der Waals surface area contributed by atoms with E-state index in [4.69, 9.17) is 4.74 Å². The van der Waals surface area contributed by atoms with Gasteiger partial charge < -0.3 is 9.64 Å². The summed E-state index contributed by atoms with van der Waals surface area (Å²) in [6.45, 7) is 2.41. The van der Waals surface area contributed by atoms with Crippen molar-refractivity contribution in [1.29, 1.82) is 0 Å². The van der Waals surface area contributed by atoms with Crippen LogP contribution in [0.2, 0.25) is 0 Å². The molecule has 0 spiro atoms. The second kappa shape index (κ2) is 5.67. The van der Waals surface area contributed by atoms with Gasteiger partial charge in [0.2, 0.25) is 5.91 Å². The Morgan fingerprint density at radius 2 is 2.06 bits per heavy atom. The van der Waals surface area contributed by atoms with Crippen LogP contribution < -0.4 is 0 Å². The van der Waals surface area contributed by atoms with Gasteiger partial charge >= 0.3 is 5.97 Å². The summed E-state index contributed by atoms with van der Waals surface area (Å²) >= 11 is 0. The van der Waals surface area contributed by atoms with E-state index >= 15 is 0 Å². The minimum Gasteiger partial charge on any atom is -0.459 e. The van der Waals surface area contributed by atoms with Gasteiger partial charge in [-0.3, -0.25) is 4.79 Å². The van der Waals surface area contributed by atoms with E-state index in [1.807, 2.05) is 30.3 Å². The van der Waals surface area contributed by atoms with Crippen LogP contribution in [0.15, 0.2) is 30.3 Å². The van der Waals surface area contributed by atoms with Gasteiger partial charge in [-0.1, -0.05) is 30.3 Å². The maximum Gasteiger partial charge on any atom is 0.329 e. The van der Waals surface area contributed by atoms with E-state index in [-0.39, 0.29) is 18.5 Å². The first kappa shape index (κ1) is 12.6. The Labute approximate surface area is 107 Å². The van der Waals surface area contributed by atoms with Gasteiger partial charge in [0.15, 0.2) is 0 Å². The van der Waals surface area contributed by atoms with Gasteiger partial charge in [-0.2, -0.15) is 0 Å². The van der Waals surface area contributed by atoms with Gasteiger partial charge in [-0.05, 0) is 18.4 Å². The Kier molecular flexibility index (Phi) is 3.97. The number of hydrogen-bond acceptors (Lipinski definition) is 3. The van der Waals surface area contributed by atoms with Crippen LogP contribution in [0.5, 0.6) is 0 Å². The highest BCUT2D eigenvalue weighted by molar-refractivity contribution is 5.83. The summed E-state index contributed by atoms with van der Waals surface area (Å²) in [5, 5.41) is 0. The lowest BCUT2D eigenvalue weighted by molar-refractivity contribution is -0.154. The van der Waals surface area contributed by atoms with Crippen LogP contribution >= 0.6 is 0 Å². The number of ether oxygens (including phenoxy) is 1. The van der Waals surface area contributed by atoms with E-state index in [9.17, 15) is 9.59 Å². The summed E-state index contributed by atoms with van der Waals surface area (Å²) < 4.78 is 5.26. The van der Waals surface area contributed by atoms with Crippen molar-refractivity contribution in [1.82, 2.24) is 4.90 Å². The molecule has 1 atom stereocenters. The molecule has 0 N–H and O–H groups in total. The number of likely N-dealkylation sites (tertiary alicyclic amines) is 1. The molecule has 1 fully saturated rings. The van der Waals surface area contributed by atoms with Crippen molar-refractivity contribution in [2.75, 3.05) is 6.54 Å². The summed E-state index contributed by atoms with van der Waals surface area (Å²) in [5.74, 6) is -0.360. The first-order valence-electron chi connectivity index (χ1n) is 6.16. The lowest BCUT2D eigenvalue weighted by atomic mass is 10.2. The van der Waals surface area contributed by atoms with Crippen molar-refractivity contribution >= 4 is 11.9 Å². The predicted molar refractivity (Wildman–Crippen MR) is 66.6 cm³/mol. The molecule has 4 nitrogen and oxygen atoms in total. The highest BCUT2D eigenvalue weighted by atomic mass is 16.5. The molecule has 0 aromatic heterocycles. The van der Waals surface area contributed by atoms with Crippen molar-refractivity contribution in [3.63, 3.8) is 0 Å². The summed E-state index contributed by atoms with van der Waals surface area (Å²) in [4.78, 5) is 24.9. The average molecular weight is 247 g/mol. The molecule has 1 amide bonds. The van der Waals surface area contributed by atoms with E-state index in [2.05, 4.69) is 0 Å². The first-order valence-corrected chi connectivity index (χ1v) is 6.16. The third-order valence-corrected chi connectivity index (χ3v) is 3.15. The maximum atomic E-state index is 11.9. The van der Waals surface area contributed by atoms with Crippen molar-refractivity contribution in [3.05, 3.63) is 35.9 Å². The molecular formula is C14H17NO3. The van der Waals surface area contributed by atoms with Gasteiger partial charge in [0.25, 0.3) is 0 Å². The van der Waals surface area contributed by atoms with Crippen molar-refractivity contribution in [2.45, 2.75) is 32.4 Å². The van der Waals surface area contributed by atoms with E-state index < -0.39 is 6.04 Å². The van der Waals surface area contributed by atoms with Crippen LogP contribution in [0.3, 0.4) is 0 Å². The molecule has 0 aliphatic carbocycles. The molecule has 0 radical (unpaired) electrons. The molecule has 1 heterocycles. The largest absolute Gasteiger partial charge is 0.459 e. The van der Waals surface area contributed by atoms with Gasteiger partial charge in [-0.15, -0.1) is 0 Å². The first-order chi connectivity index (χ1) is 8.68. The topological polar surface area (TPSA) is 46.6 Å². The lowest BCUT2D eigenvalue weighted by Crippen LogP contribution is -2.40. The summed E-state index contributed by atoms with van der Waals surface area (Å²) in [6, 6.07) is 9.14. The van der Waals surface area contributed by atoms with E-state index in [0.29, 0.717) is 13.0 Å². The zero-order valence-corrected chi connectivity index (χ0v) is 10.5. The molecule has 1 aliphatic rings.